The fourth-order valence-electron chi connectivity index (χ4n) is 6.62. The third kappa shape index (κ3) is 3.05. The molecule has 6 aliphatic rings. The molecule has 9 heteroatoms. The third-order valence-corrected chi connectivity index (χ3v) is 8.39. The lowest BCUT2D eigenvalue weighted by Crippen LogP contribution is -2.79. The van der Waals surface area contributed by atoms with Crippen molar-refractivity contribution in [1.29, 1.82) is 0 Å². The topological polar surface area (TPSA) is 89.2 Å². The highest BCUT2D eigenvalue weighted by Crippen LogP contribution is 2.62. The molecular weight excluding hydrogens is 445 g/mol. The van der Waals surface area contributed by atoms with E-state index in [1.807, 2.05) is 0 Å². The molecule has 6 saturated carbocycles. The fourth-order valence-corrected chi connectivity index (χ4v) is 6.62. The van der Waals surface area contributed by atoms with Crippen LogP contribution in [-0.2, 0) is 5.54 Å². The van der Waals surface area contributed by atoms with Crippen molar-refractivity contribution in [3.63, 3.8) is 0 Å². The average molecular weight is 473 g/mol. The number of amides is 1. The number of hydrogen-bond donors (Lipinski definition) is 3. The van der Waals surface area contributed by atoms with E-state index in [1.54, 1.807) is 17.7 Å². The Hall–Kier alpha value is -2.81. The summed E-state index contributed by atoms with van der Waals surface area (Å²) in [5, 5.41) is 6.13. The molecule has 0 radical (unpaired) electrons. The van der Waals surface area contributed by atoms with Gasteiger partial charge in [0.25, 0.3) is 17.9 Å². The molecule has 34 heavy (non-hydrogen) atoms. The predicted molar refractivity (Wildman–Crippen MR) is 120 cm³/mol. The van der Waals surface area contributed by atoms with Crippen molar-refractivity contribution in [2.75, 3.05) is 5.32 Å². The second-order valence-corrected chi connectivity index (χ2v) is 11.1. The SMILES string of the molecule is CC(NC(=O)c1cn(C23CC(C2)C3)c(=O)cc1NC12CC(N)(C1)C2)c1cccc(C(F)F)c1F. The first-order valence-corrected chi connectivity index (χ1v) is 11.7. The molecule has 180 valence electrons. The van der Waals surface area contributed by atoms with Crippen LogP contribution >= 0.6 is 0 Å². The quantitative estimate of drug-likeness (QED) is 0.569. The Morgan fingerprint density at radius 1 is 1.18 bits per heavy atom. The molecule has 0 spiro atoms. The number of rotatable bonds is 7. The Labute approximate surface area is 194 Å². The van der Waals surface area contributed by atoms with Crippen LogP contribution in [0.5, 0.6) is 0 Å². The van der Waals surface area contributed by atoms with Crippen LogP contribution in [0.25, 0.3) is 0 Å². The predicted octanol–water partition coefficient (Wildman–Crippen LogP) is 3.97. The molecular formula is C25H27F3N4O2. The molecule has 8 rings (SSSR count). The van der Waals surface area contributed by atoms with Gasteiger partial charge >= 0.3 is 0 Å². The molecule has 2 aromatic rings. The zero-order valence-corrected chi connectivity index (χ0v) is 18.8. The van der Waals surface area contributed by atoms with Crippen LogP contribution in [0.15, 0.2) is 35.3 Å². The normalized spacial score (nSPS) is 33.2. The first kappa shape index (κ1) is 21.7. The van der Waals surface area contributed by atoms with Gasteiger partial charge in [0.05, 0.1) is 22.9 Å². The fraction of sp³-hybridized carbons (Fsp3) is 0.520. The van der Waals surface area contributed by atoms with Gasteiger partial charge in [-0.15, -0.1) is 0 Å². The molecule has 4 N–H and O–H groups in total. The van der Waals surface area contributed by atoms with E-state index in [2.05, 4.69) is 10.6 Å². The number of nitrogens with one attached hydrogen (secondary N) is 2. The van der Waals surface area contributed by atoms with Crippen LogP contribution in [0, 0.1) is 11.7 Å². The van der Waals surface area contributed by atoms with Gasteiger partial charge in [0.2, 0.25) is 0 Å². The first-order chi connectivity index (χ1) is 16.0. The zero-order valence-electron chi connectivity index (χ0n) is 18.8. The molecule has 1 aromatic carbocycles. The third-order valence-electron chi connectivity index (χ3n) is 8.39. The van der Waals surface area contributed by atoms with Crippen molar-refractivity contribution in [3.05, 3.63) is 63.3 Å². The maximum Gasteiger partial charge on any atom is 0.266 e. The summed E-state index contributed by atoms with van der Waals surface area (Å²) >= 11 is 0. The van der Waals surface area contributed by atoms with E-state index in [0.29, 0.717) is 11.6 Å². The van der Waals surface area contributed by atoms with Crippen molar-refractivity contribution in [2.45, 2.75) is 74.5 Å². The van der Waals surface area contributed by atoms with Crippen LogP contribution in [0.3, 0.4) is 0 Å². The molecule has 4 bridgehead atoms. The summed E-state index contributed by atoms with van der Waals surface area (Å²) in [4.78, 5) is 26.4. The van der Waals surface area contributed by atoms with E-state index in [0.717, 1.165) is 44.6 Å². The van der Waals surface area contributed by atoms with Gasteiger partial charge in [0.1, 0.15) is 5.82 Å². The Morgan fingerprint density at radius 2 is 1.82 bits per heavy atom. The highest BCUT2D eigenvalue weighted by atomic mass is 19.3. The van der Waals surface area contributed by atoms with Crippen LogP contribution in [0.1, 0.15) is 79.4 Å². The Balaban J connectivity index is 1.31. The van der Waals surface area contributed by atoms with E-state index in [1.165, 1.54) is 18.2 Å². The summed E-state index contributed by atoms with van der Waals surface area (Å²) < 4.78 is 42.6. The molecule has 0 aliphatic heterocycles. The Morgan fingerprint density at radius 3 is 2.38 bits per heavy atom. The molecule has 6 fully saturated rings. The van der Waals surface area contributed by atoms with Gasteiger partial charge < -0.3 is 20.9 Å². The highest BCUT2D eigenvalue weighted by Gasteiger charge is 2.66. The lowest BCUT2D eigenvalue weighted by Gasteiger charge is -2.69. The summed E-state index contributed by atoms with van der Waals surface area (Å²) in [7, 11) is 0. The van der Waals surface area contributed by atoms with Crippen molar-refractivity contribution in [3.8, 4) is 0 Å². The maximum atomic E-state index is 14.7. The van der Waals surface area contributed by atoms with Crippen molar-refractivity contribution in [1.82, 2.24) is 9.88 Å². The number of nitrogens with two attached hydrogens (primary N) is 1. The molecule has 0 saturated heterocycles. The van der Waals surface area contributed by atoms with Gasteiger partial charge in [-0.2, -0.15) is 0 Å². The number of carbonyl (C=O) groups is 1. The van der Waals surface area contributed by atoms with Crippen LogP contribution in [-0.4, -0.2) is 21.6 Å². The molecule has 1 heterocycles. The maximum absolute atomic E-state index is 14.7. The van der Waals surface area contributed by atoms with E-state index < -0.39 is 29.8 Å². The number of anilines is 1. The number of hydrogen-bond acceptors (Lipinski definition) is 4. The Bertz CT molecular complexity index is 1240. The minimum Gasteiger partial charge on any atom is -0.379 e. The van der Waals surface area contributed by atoms with Crippen LogP contribution < -0.4 is 21.9 Å². The number of halogens is 3. The monoisotopic (exact) mass is 472 g/mol. The smallest absolute Gasteiger partial charge is 0.266 e. The molecule has 1 atom stereocenters. The number of benzene rings is 1. The van der Waals surface area contributed by atoms with Crippen molar-refractivity contribution >= 4 is 11.6 Å². The number of pyridine rings is 1. The molecule has 1 unspecified atom stereocenters. The van der Waals surface area contributed by atoms with Crippen molar-refractivity contribution < 1.29 is 18.0 Å². The minimum atomic E-state index is -2.95. The van der Waals surface area contributed by atoms with Crippen molar-refractivity contribution in [2.24, 2.45) is 11.7 Å². The summed E-state index contributed by atoms with van der Waals surface area (Å²) in [5.74, 6) is -0.871. The van der Waals surface area contributed by atoms with E-state index in [-0.39, 0.29) is 33.3 Å². The van der Waals surface area contributed by atoms with E-state index in [4.69, 9.17) is 5.73 Å². The van der Waals surface area contributed by atoms with Gasteiger partial charge in [-0.25, -0.2) is 13.2 Å². The lowest BCUT2D eigenvalue weighted by atomic mass is 9.44. The van der Waals surface area contributed by atoms with Gasteiger partial charge in [0.15, 0.2) is 0 Å². The van der Waals surface area contributed by atoms with Gasteiger partial charge in [-0.05, 0) is 51.4 Å². The summed E-state index contributed by atoms with van der Waals surface area (Å²) in [6, 6.07) is 4.40. The largest absolute Gasteiger partial charge is 0.379 e. The number of alkyl halides is 2. The molecule has 1 aromatic heterocycles. The van der Waals surface area contributed by atoms with Crippen LogP contribution in [0.2, 0.25) is 0 Å². The van der Waals surface area contributed by atoms with E-state index >= 15 is 0 Å². The van der Waals surface area contributed by atoms with E-state index in [9.17, 15) is 22.8 Å². The summed E-state index contributed by atoms with van der Waals surface area (Å²) in [6.45, 7) is 1.55. The van der Waals surface area contributed by atoms with Gasteiger partial charge in [-0.3, -0.25) is 9.59 Å². The zero-order chi connectivity index (χ0) is 24.0. The summed E-state index contributed by atoms with van der Waals surface area (Å²) in [5.41, 5.74) is 5.45. The molecule has 6 nitrogen and oxygen atoms in total. The number of aromatic nitrogens is 1. The number of nitrogens with zero attached hydrogens (tertiary/aromatic N) is 1. The summed E-state index contributed by atoms with van der Waals surface area (Å²) in [6.07, 6.45) is 3.78. The van der Waals surface area contributed by atoms with Gasteiger partial charge in [-0.1, -0.05) is 18.2 Å². The second kappa shape index (κ2) is 6.87. The Kier molecular flexibility index (Phi) is 4.39. The second-order valence-electron chi connectivity index (χ2n) is 11.1. The first-order valence-electron chi connectivity index (χ1n) is 11.7. The average Bonchev–Trinajstić information content (AvgIpc) is 2.65. The number of carbonyl (C=O) groups excluding carboxylic acids is 1. The molecule has 1 amide bonds. The standard InChI is InChI=1S/C25H27F3N4O2/c1-13(15-3-2-4-16(20(15)26)21(27)28)30-22(34)17-9-32(25-6-14(7-25)8-25)19(33)5-18(17)31-24-10-23(29,11-24)12-24/h2-5,9,13-14,21,31H,6-8,10-12,29H2,1H3,(H,30,34). The highest BCUT2D eigenvalue weighted by molar-refractivity contribution is 5.99. The van der Waals surface area contributed by atoms with Gasteiger partial charge in [0, 0.05) is 34.4 Å². The minimum absolute atomic E-state index is 0.0158. The van der Waals surface area contributed by atoms with Crippen LogP contribution in [0.4, 0.5) is 18.9 Å². The lowest BCUT2D eigenvalue weighted by molar-refractivity contribution is -0.0914. The molecule has 6 aliphatic carbocycles.